The minimum absolute atomic E-state index is 0. The van der Waals surface area contributed by atoms with Crippen molar-refractivity contribution >= 4 is 12.4 Å². The van der Waals surface area contributed by atoms with Gasteiger partial charge in [-0.1, -0.05) is 6.92 Å². The van der Waals surface area contributed by atoms with E-state index in [0.717, 1.165) is 19.5 Å². The minimum atomic E-state index is -0.0833. The number of aliphatic hydroxyl groups is 1. The molecule has 1 heterocycles. The van der Waals surface area contributed by atoms with E-state index in [2.05, 4.69) is 12.2 Å². The van der Waals surface area contributed by atoms with Crippen molar-refractivity contribution in [3.05, 3.63) is 0 Å². The highest BCUT2D eigenvalue weighted by Crippen LogP contribution is 2.11. The van der Waals surface area contributed by atoms with E-state index in [9.17, 15) is 0 Å². The zero-order valence-corrected chi connectivity index (χ0v) is 6.45. The summed E-state index contributed by atoms with van der Waals surface area (Å²) in [6.07, 6.45) is 1.01. The Kier molecular flexibility index (Phi) is 4.19. The first-order valence-corrected chi connectivity index (χ1v) is 3.23. The van der Waals surface area contributed by atoms with Crippen LogP contribution < -0.4 is 5.32 Å². The number of hydrogen-bond acceptors (Lipinski definition) is 2. The third kappa shape index (κ3) is 2.12. The van der Waals surface area contributed by atoms with E-state index < -0.39 is 0 Å². The summed E-state index contributed by atoms with van der Waals surface area (Å²) < 4.78 is 0. The van der Waals surface area contributed by atoms with Crippen molar-refractivity contribution in [2.24, 2.45) is 5.92 Å². The van der Waals surface area contributed by atoms with Crippen molar-refractivity contribution in [2.75, 3.05) is 13.1 Å². The molecule has 1 saturated heterocycles. The van der Waals surface area contributed by atoms with Gasteiger partial charge in [-0.05, 0) is 12.3 Å². The number of hydrogen-bond donors (Lipinski definition) is 2. The van der Waals surface area contributed by atoms with E-state index >= 15 is 0 Å². The van der Waals surface area contributed by atoms with Crippen LogP contribution in [-0.4, -0.2) is 24.3 Å². The lowest BCUT2D eigenvalue weighted by molar-refractivity contribution is 0.145. The molecule has 1 fully saturated rings. The number of halogens is 1. The van der Waals surface area contributed by atoms with Gasteiger partial charge in [0.2, 0.25) is 0 Å². The zero-order chi connectivity index (χ0) is 5.98. The maximum atomic E-state index is 9.13. The lowest BCUT2D eigenvalue weighted by Crippen LogP contribution is -2.16. The summed E-state index contributed by atoms with van der Waals surface area (Å²) >= 11 is 0. The van der Waals surface area contributed by atoms with Gasteiger partial charge in [-0.25, -0.2) is 0 Å². The smallest absolute Gasteiger partial charge is 0.0704 e. The van der Waals surface area contributed by atoms with Crippen LogP contribution in [0.25, 0.3) is 0 Å². The Morgan fingerprint density at radius 3 is 2.44 bits per heavy atom. The number of β-amino-alcohol motifs (C(OH)–C–C–N with tert-alkyl or cyclic N) is 1. The van der Waals surface area contributed by atoms with Gasteiger partial charge in [0.15, 0.2) is 0 Å². The van der Waals surface area contributed by atoms with Crippen LogP contribution in [0.5, 0.6) is 0 Å². The summed E-state index contributed by atoms with van der Waals surface area (Å²) in [7, 11) is 0. The Morgan fingerprint density at radius 1 is 1.56 bits per heavy atom. The molecule has 1 aliphatic rings. The van der Waals surface area contributed by atoms with Crippen LogP contribution in [0.2, 0.25) is 0 Å². The summed E-state index contributed by atoms with van der Waals surface area (Å²) in [6.45, 7) is 3.90. The summed E-state index contributed by atoms with van der Waals surface area (Å²) in [6, 6.07) is 0. The molecule has 0 aliphatic carbocycles. The Morgan fingerprint density at radius 2 is 2.22 bits per heavy atom. The van der Waals surface area contributed by atoms with E-state index in [1.807, 2.05) is 0 Å². The Bertz CT molecular complexity index is 79.5. The number of nitrogens with one attached hydrogen (secondary N) is 1. The second-order valence-electron chi connectivity index (χ2n) is 2.39. The van der Waals surface area contributed by atoms with E-state index in [1.165, 1.54) is 0 Å². The van der Waals surface area contributed by atoms with E-state index in [0.29, 0.717) is 5.92 Å². The van der Waals surface area contributed by atoms with Gasteiger partial charge in [0, 0.05) is 13.1 Å². The van der Waals surface area contributed by atoms with E-state index in [-0.39, 0.29) is 18.5 Å². The van der Waals surface area contributed by atoms with Crippen molar-refractivity contribution in [3.63, 3.8) is 0 Å². The van der Waals surface area contributed by atoms with Crippen LogP contribution in [-0.2, 0) is 0 Å². The molecular weight excluding hydrogens is 138 g/mol. The summed E-state index contributed by atoms with van der Waals surface area (Å²) in [5.74, 6) is 0.509. The van der Waals surface area contributed by atoms with Crippen LogP contribution in [0.4, 0.5) is 0 Å². The predicted octanol–water partition coefficient (Wildman–Crippen LogP) is 0.398. The fourth-order valence-corrected chi connectivity index (χ4v) is 1.14. The minimum Gasteiger partial charge on any atom is -0.391 e. The molecule has 1 aliphatic heterocycles. The van der Waals surface area contributed by atoms with Gasteiger partial charge in [-0.3, -0.25) is 0 Å². The van der Waals surface area contributed by atoms with Gasteiger partial charge in [-0.15, -0.1) is 12.4 Å². The molecular formula is C6H14ClNO. The number of rotatable bonds is 1. The van der Waals surface area contributed by atoms with E-state index in [1.54, 1.807) is 0 Å². The molecule has 0 spiro atoms. The third-order valence-corrected chi connectivity index (χ3v) is 1.83. The lowest BCUT2D eigenvalue weighted by Gasteiger charge is -2.07. The van der Waals surface area contributed by atoms with Crippen LogP contribution >= 0.6 is 12.4 Å². The molecule has 9 heavy (non-hydrogen) atoms. The van der Waals surface area contributed by atoms with Crippen molar-refractivity contribution in [3.8, 4) is 0 Å². The Labute approximate surface area is 62.1 Å². The topological polar surface area (TPSA) is 32.3 Å². The molecule has 2 nitrogen and oxygen atoms in total. The normalized spacial score (nSPS) is 34.0. The summed E-state index contributed by atoms with van der Waals surface area (Å²) in [5.41, 5.74) is 0. The van der Waals surface area contributed by atoms with Crippen molar-refractivity contribution in [1.82, 2.24) is 5.32 Å². The van der Waals surface area contributed by atoms with E-state index in [4.69, 9.17) is 5.11 Å². The molecule has 2 N–H and O–H groups in total. The SMILES string of the molecule is CC[C@H]1CNC[C@H]1O.Cl. The van der Waals surface area contributed by atoms with Crippen molar-refractivity contribution < 1.29 is 5.11 Å². The lowest BCUT2D eigenvalue weighted by atomic mass is 10.0. The molecule has 2 atom stereocenters. The van der Waals surface area contributed by atoms with Gasteiger partial charge in [0.1, 0.15) is 0 Å². The average molecular weight is 152 g/mol. The molecule has 0 aromatic rings. The third-order valence-electron chi connectivity index (χ3n) is 1.83. The highest BCUT2D eigenvalue weighted by Gasteiger charge is 2.22. The van der Waals surface area contributed by atoms with Gasteiger partial charge in [0.25, 0.3) is 0 Å². The fraction of sp³-hybridized carbons (Fsp3) is 1.00. The summed E-state index contributed by atoms with van der Waals surface area (Å²) in [4.78, 5) is 0. The van der Waals surface area contributed by atoms with Crippen LogP contribution in [0.1, 0.15) is 13.3 Å². The first-order chi connectivity index (χ1) is 3.84. The molecule has 0 bridgehead atoms. The molecule has 0 amide bonds. The van der Waals surface area contributed by atoms with Crippen LogP contribution in [0.15, 0.2) is 0 Å². The van der Waals surface area contributed by atoms with Gasteiger partial charge >= 0.3 is 0 Å². The van der Waals surface area contributed by atoms with Crippen LogP contribution in [0, 0.1) is 5.92 Å². The highest BCUT2D eigenvalue weighted by molar-refractivity contribution is 5.85. The average Bonchev–Trinajstić information content (AvgIpc) is 2.14. The zero-order valence-electron chi connectivity index (χ0n) is 5.63. The second kappa shape index (κ2) is 4.09. The quantitative estimate of drug-likeness (QED) is 0.569. The van der Waals surface area contributed by atoms with Gasteiger partial charge in [0.05, 0.1) is 6.10 Å². The standard InChI is InChI=1S/C6H13NO.ClH/c1-2-5-3-7-4-6(5)8;/h5-8H,2-4H2,1H3;1H/t5-,6+;/m0./s1. The maximum absolute atomic E-state index is 9.13. The van der Waals surface area contributed by atoms with Crippen molar-refractivity contribution in [2.45, 2.75) is 19.4 Å². The molecule has 0 saturated carbocycles. The molecule has 0 aromatic carbocycles. The molecule has 3 heteroatoms. The second-order valence-corrected chi connectivity index (χ2v) is 2.39. The first-order valence-electron chi connectivity index (χ1n) is 3.23. The molecule has 1 rings (SSSR count). The fourth-order valence-electron chi connectivity index (χ4n) is 1.14. The Balaban J connectivity index is 0.000000640. The monoisotopic (exact) mass is 151 g/mol. The number of aliphatic hydroxyl groups excluding tert-OH is 1. The maximum Gasteiger partial charge on any atom is 0.0704 e. The van der Waals surface area contributed by atoms with Gasteiger partial charge in [-0.2, -0.15) is 0 Å². The van der Waals surface area contributed by atoms with Crippen molar-refractivity contribution in [1.29, 1.82) is 0 Å². The molecule has 56 valence electrons. The summed E-state index contributed by atoms with van der Waals surface area (Å²) in [5, 5.41) is 12.2. The van der Waals surface area contributed by atoms with Gasteiger partial charge < -0.3 is 10.4 Å². The first kappa shape index (κ1) is 9.21. The molecule has 0 aromatic heterocycles. The molecule has 0 radical (unpaired) electrons. The Hall–Kier alpha value is 0.210. The molecule has 0 unspecified atom stereocenters. The predicted molar refractivity (Wildman–Crippen MR) is 39.9 cm³/mol. The largest absolute Gasteiger partial charge is 0.391 e. The van der Waals surface area contributed by atoms with Crippen LogP contribution in [0.3, 0.4) is 0 Å². The highest BCUT2D eigenvalue weighted by atomic mass is 35.5.